The zero-order valence-corrected chi connectivity index (χ0v) is 20.5. The molecule has 2 unspecified atom stereocenters. The predicted octanol–water partition coefficient (Wildman–Crippen LogP) is 4.07. The fourth-order valence-electron chi connectivity index (χ4n) is 3.64. The van der Waals surface area contributed by atoms with Gasteiger partial charge in [0.1, 0.15) is 6.61 Å². The van der Waals surface area contributed by atoms with E-state index in [2.05, 4.69) is 52.2 Å². The van der Waals surface area contributed by atoms with E-state index in [9.17, 15) is 9.59 Å². The van der Waals surface area contributed by atoms with Crippen LogP contribution in [0.25, 0.3) is 0 Å². The first-order chi connectivity index (χ1) is 13.1. The van der Waals surface area contributed by atoms with E-state index in [1.165, 1.54) is 7.11 Å². The van der Waals surface area contributed by atoms with Gasteiger partial charge >= 0.3 is 0 Å². The van der Waals surface area contributed by atoms with Crippen LogP contribution in [0.2, 0.25) is 0 Å². The number of rotatable bonds is 13. The number of nitrogens with one attached hydrogen (secondary N) is 2. The molecule has 6 nitrogen and oxygen atoms in total. The summed E-state index contributed by atoms with van der Waals surface area (Å²) in [6.45, 7) is 19.3. The van der Waals surface area contributed by atoms with Crippen LogP contribution in [0.3, 0.4) is 0 Å². The minimum absolute atomic E-state index is 0.0189. The highest BCUT2D eigenvalue weighted by molar-refractivity contribution is 5.77. The van der Waals surface area contributed by atoms with Gasteiger partial charge < -0.3 is 20.1 Å². The highest BCUT2D eigenvalue weighted by atomic mass is 16.5. The molecule has 29 heavy (non-hydrogen) atoms. The van der Waals surface area contributed by atoms with Crippen LogP contribution >= 0.6 is 0 Å². The van der Waals surface area contributed by atoms with Crippen LogP contribution in [0.4, 0.5) is 0 Å². The summed E-state index contributed by atoms with van der Waals surface area (Å²) in [5.74, 6) is 0.403. The van der Waals surface area contributed by atoms with Crippen molar-refractivity contribution in [2.45, 2.75) is 105 Å². The number of ether oxygens (including phenoxy) is 2. The Morgan fingerprint density at radius 3 is 2.07 bits per heavy atom. The zero-order valence-electron chi connectivity index (χ0n) is 20.5. The van der Waals surface area contributed by atoms with E-state index in [4.69, 9.17) is 9.47 Å². The third kappa shape index (κ3) is 15.4. The molecule has 2 amide bonds. The third-order valence-electron chi connectivity index (χ3n) is 4.67. The Kier molecular flexibility index (Phi) is 11.4. The Bertz CT molecular complexity index is 509. The lowest BCUT2D eigenvalue weighted by atomic mass is 9.90. The minimum Gasteiger partial charge on any atom is -0.375 e. The van der Waals surface area contributed by atoms with Gasteiger partial charge in [0, 0.05) is 31.7 Å². The summed E-state index contributed by atoms with van der Waals surface area (Å²) in [4.78, 5) is 23.8. The predicted molar refractivity (Wildman–Crippen MR) is 119 cm³/mol. The second kappa shape index (κ2) is 11.9. The fourth-order valence-corrected chi connectivity index (χ4v) is 3.64. The normalized spacial score (nSPS) is 15.0. The summed E-state index contributed by atoms with van der Waals surface area (Å²) < 4.78 is 11.0. The molecule has 0 radical (unpaired) electrons. The van der Waals surface area contributed by atoms with Crippen molar-refractivity contribution in [1.29, 1.82) is 0 Å². The maximum Gasteiger partial charge on any atom is 0.246 e. The van der Waals surface area contributed by atoms with Crippen molar-refractivity contribution in [1.82, 2.24) is 10.6 Å². The van der Waals surface area contributed by atoms with Gasteiger partial charge in [0.2, 0.25) is 11.8 Å². The summed E-state index contributed by atoms with van der Waals surface area (Å²) in [6.07, 6.45) is 3.05. The lowest BCUT2D eigenvalue weighted by Crippen LogP contribution is -2.45. The summed E-state index contributed by atoms with van der Waals surface area (Å²) in [7, 11) is 1.52. The van der Waals surface area contributed by atoms with Crippen LogP contribution < -0.4 is 10.6 Å². The summed E-state index contributed by atoms with van der Waals surface area (Å²) in [6, 6.07) is 0.0976. The van der Waals surface area contributed by atoms with Gasteiger partial charge in [0.25, 0.3) is 0 Å². The smallest absolute Gasteiger partial charge is 0.246 e. The highest BCUT2D eigenvalue weighted by Crippen LogP contribution is 2.25. The summed E-state index contributed by atoms with van der Waals surface area (Å²) in [5.41, 5.74) is -0.583. The van der Waals surface area contributed by atoms with Crippen molar-refractivity contribution in [3.63, 3.8) is 0 Å². The van der Waals surface area contributed by atoms with Crippen molar-refractivity contribution < 1.29 is 19.1 Å². The van der Waals surface area contributed by atoms with E-state index >= 15 is 0 Å². The van der Waals surface area contributed by atoms with Crippen molar-refractivity contribution in [2.75, 3.05) is 20.3 Å². The first-order valence-electron chi connectivity index (χ1n) is 10.8. The quantitative estimate of drug-likeness (QED) is 0.476. The third-order valence-corrected chi connectivity index (χ3v) is 4.67. The Labute approximate surface area is 178 Å². The van der Waals surface area contributed by atoms with Crippen LogP contribution in [0.5, 0.6) is 0 Å². The largest absolute Gasteiger partial charge is 0.375 e. The average Bonchev–Trinajstić information content (AvgIpc) is 2.42. The van der Waals surface area contributed by atoms with E-state index in [0.29, 0.717) is 18.9 Å². The van der Waals surface area contributed by atoms with Crippen molar-refractivity contribution in [3.05, 3.63) is 0 Å². The first kappa shape index (κ1) is 27.9. The van der Waals surface area contributed by atoms with Gasteiger partial charge in [-0.2, -0.15) is 0 Å². The molecule has 0 aliphatic rings. The first-order valence-corrected chi connectivity index (χ1v) is 10.8. The van der Waals surface area contributed by atoms with E-state index in [0.717, 1.165) is 19.3 Å². The van der Waals surface area contributed by atoms with Crippen LogP contribution in [-0.2, 0) is 19.1 Å². The topological polar surface area (TPSA) is 76.7 Å². The monoisotopic (exact) mass is 414 g/mol. The maximum atomic E-state index is 12.2. The molecule has 6 heteroatoms. The molecule has 0 aliphatic carbocycles. The van der Waals surface area contributed by atoms with Gasteiger partial charge in [-0.05, 0) is 65.2 Å². The van der Waals surface area contributed by atoms with Gasteiger partial charge in [0.05, 0.1) is 5.60 Å². The van der Waals surface area contributed by atoms with E-state index in [1.54, 1.807) is 0 Å². The Balaban J connectivity index is 4.36. The minimum atomic E-state index is -0.301. The van der Waals surface area contributed by atoms with Crippen LogP contribution in [0.15, 0.2) is 0 Å². The van der Waals surface area contributed by atoms with Crippen LogP contribution in [0, 0.1) is 11.3 Å². The fraction of sp³-hybridized carbons (Fsp3) is 0.913. The Morgan fingerprint density at radius 1 is 0.966 bits per heavy atom. The number of hydrogen-bond donors (Lipinski definition) is 2. The maximum absolute atomic E-state index is 12.2. The summed E-state index contributed by atoms with van der Waals surface area (Å²) in [5, 5.41) is 6.07. The average molecular weight is 415 g/mol. The van der Waals surface area contributed by atoms with Gasteiger partial charge in [-0.15, -0.1) is 0 Å². The number of methoxy groups -OCH3 is 1. The van der Waals surface area contributed by atoms with E-state index in [1.807, 2.05) is 20.8 Å². The van der Waals surface area contributed by atoms with Crippen molar-refractivity contribution in [3.8, 4) is 0 Å². The molecule has 0 spiro atoms. The molecular weight excluding hydrogens is 368 g/mol. The lowest BCUT2D eigenvalue weighted by Gasteiger charge is -2.33. The molecule has 0 fully saturated rings. The molecule has 2 atom stereocenters. The van der Waals surface area contributed by atoms with Gasteiger partial charge in [0.15, 0.2) is 0 Å². The molecular formula is C23H46N2O4. The second-order valence-electron chi connectivity index (χ2n) is 11.0. The van der Waals surface area contributed by atoms with Crippen LogP contribution in [-0.4, -0.2) is 49.3 Å². The second-order valence-corrected chi connectivity index (χ2v) is 11.0. The van der Waals surface area contributed by atoms with Crippen LogP contribution in [0.1, 0.15) is 88.0 Å². The van der Waals surface area contributed by atoms with E-state index < -0.39 is 0 Å². The molecule has 0 rings (SSSR count). The number of carbonyl (C=O) groups excluding carboxylic acids is 2. The SMILES string of the molecule is COCC(=O)NC(C)CC(C)CC(C)(C)OCCC(C)(C)NC(=O)CC(C)(C)C. The molecule has 2 N–H and O–H groups in total. The molecule has 0 aromatic rings. The standard InChI is InChI=1S/C23H46N2O4/c1-17(13-18(2)24-20(27)16-28-10)14-23(8,9)29-12-11-22(6,7)25-19(26)15-21(3,4)5/h17-18H,11-16H2,1-10H3,(H,24,27)(H,25,26). The summed E-state index contributed by atoms with van der Waals surface area (Å²) >= 11 is 0. The van der Waals surface area contributed by atoms with Gasteiger partial charge in [-0.25, -0.2) is 0 Å². The molecule has 0 heterocycles. The molecule has 0 saturated carbocycles. The number of carbonyl (C=O) groups is 2. The Hall–Kier alpha value is -1.14. The molecule has 0 aromatic heterocycles. The molecule has 0 aromatic carbocycles. The van der Waals surface area contributed by atoms with Crippen molar-refractivity contribution in [2.24, 2.45) is 11.3 Å². The van der Waals surface area contributed by atoms with E-state index in [-0.39, 0.29) is 41.0 Å². The van der Waals surface area contributed by atoms with Gasteiger partial charge in [-0.1, -0.05) is 27.7 Å². The Morgan fingerprint density at radius 2 is 1.55 bits per heavy atom. The molecule has 0 saturated heterocycles. The molecule has 0 bridgehead atoms. The van der Waals surface area contributed by atoms with Gasteiger partial charge in [-0.3, -0.25) is 9.59 Å². The number of hydrogen-bond acceptors (Lipinski definition) is 4. The highest BCUT2D eigenvalue weighted by Gasteiger charge is 2.27. The molecule has 172 valence electrons. The molecule has 0 aliphatic heterocycles. The lowest BCUT2D eigenvalue weighted by molar-refractivity contribution is -0.126. The number of amides is 2. The van der Waals surface area contributed by atoms with Crippen molar-refractivity contribution >= 4 is 11.8 Å². The zero-order chi connectivity index (χ0) is 22.9.